The number of carbonyl (C=O) groups is 1. The van der Waals surface area contributed by atoms with E-state index in [-0.39, 0.29) is 6.61 Å². The number of halogens is 1. The van der Waals surface area contributed by atoms with Crippen LogP contribution in [0.3, 0.4) is 0 Å². The fourth-order valence-electron chi connectivity index (χ4n) is 2.35. The van der Waals surface area contributed by atoms with Crippen molar-refractivity contribution < 1.29 is 18.7 Å². The Bertz CT molecular complexity index is 961. The van der Waals surface area contributed by atoms with E-state index in [1.807, 2.05) is 0 Å². The van der Waals surface area contributed by atoms with Crippen LogP contribution in [0.15, 0.2) is 51.7 Å². The molecule has 0 unspecified atom stereocenters. The summed E-state index contributed by atoms with van der Waals surface area (Å²) in [7, 11) is 1.49. The van der Waals surface area contributed by atoms with Gasteiger partial charge in [0.1, 0.15) is 18.5 Å². The molecule has 0 radical (unpaired) electrons. The first-order chi connectivity index (χ1) is 11.6. The molecule has 0 bridgehead atoms. The lowest BCUT2D eigenvalue weighted by atomic mass is 10.1. The van der Waals surface area contributed by atoms with Gasteiger partial charge < -0.3 is 13.9 Å². The van der Waals surface area contributed by atoms with Crippen LogP contribution >= 0.6 is 11.6 Å². The van der Waals surface area contributed by atoms with Gasteiger partial charge in [-0.25, -0.2) is 4.79 Å². The molecule has 5 nitrogen and oxygen atoms in total. The molecule has 0 aliphatic heterocycles. The predicted octanol–water partition coefficient (Wildman–Crippen LogP) is 3.85. The van der Waals surface area contributed by atoms with Crippen molar-refractivity contribution in [2.24, 2.45) is 0 Å². The number of ether oxygens (including phenoxy) is 2. The van der Waals surface area contributed by atoms with E-state index in [1.54, 1.807) is 36.4 Å². The number of rotatable bonds is 5. The summed E-state index contributed by atoms with van der Waals surface area (Å²) < 4.78 is 16.1. The van der Waals surface area contributed by atoms with Crippen LogP contribution in [-0.4, -0.2) is 13.4 Å². The zero-order valence-electron chi connectivity index (χ0n) is 12.7. The highest BCUT2D eigenvalue weighted by atomic mass is 35.5. The standard InChI is InChI=1S/C18H13ClO5/c1-22-17-6-11(9-20)2-4-16(17)23-10-12-7-18(21)24-15-5-3-13(19)8-14(12)15/h2-9H,10H2,1H3. The van der Waals surface area contributed by atoms with Gasteiger partial charge in [0.2, 0.25) is 0 Å². The maximum absolute atomic E-state index is 11.7. The van der Waals surface area contributed by atoms with Crippen LogP contribution in [0.1, 0.15) is 15.9 Å². The number of carbonyl (C=O) groups excluding carboxylic acids is 1. The quantitative estimate of drug-likeness (QED) is 0.519. The topological polar surface area (TPSA) is 65.7 Å². The van der Waals surface area contributed by atoms with Crippen molar-refractivity contribution in [1.29, 1.82) is 0 Å². The van der Waals surface area contributed by atoms with E-state index in [1.165, 1.54) is 13.2 Å². The lowest BCUT2D eigenvalue weighted by molar-refractivity contribution is 0.112. The van der Waals surface area contributed by atoms with Gasteiger partial charge >= 0.3 is 5.63 Å². The minimum atomic E-state index is -0.466. The molecular weight excluding hydrogens is 332 g/mol. The van der Waals surface area contributed by atoms with Gasteiger partial charge in [0.15, 0.2) is 11.5 Å². The Morgan fingerprint density at radius 3 is 2.71 bits per heavy atom. The van der Waals surface area contributed by atoms with Gasteiger partial charge in [0, 0.05) is 27.6 Å². The highest BCUT2D eigenvalue weighted by Crippen LogP contribution is 2.29. The van der Waals surface area contributed by atoms with Crippen LogP contribution in [-0.2, 0) is 6.61 Å². The molecule has 0 aliphatic rings. The van der Waals surface area contributed by atoms with Crippen LogP contribution in [0.5, 0.6) is 11.5 Å². The highest BCUT2D eigenvalue weighted by Gasteiger charge is 2.10. The van der Waals surface area contributed by atoms with Gasteiger partial charge in [-0.15, -0.1) is 0 Å². The second-order valence-corrected chi connectivity index (χ2v) is 5.48. The molecule has 0 atom stereocenters. The lowest BCUT2D eigenvalue weighted by Crippen LogP contribution is -2.04. The van der Waals surface area contributed by atoms with Crippen molar-refractivity contribution in [1.82, 2.24) is 0 Å². The Hall–Kier alpha value is -2.79. The van der Waals surface area contributed by atoms with E-state index in [4.69, 9.17) is 25.5 Å². The Morgan fingerprint density at radius 1 is 1.12 bits per heavy atom. The SMILES string of the molecule is COc1cc(C=O)ccc1OCc1cc(=O)oc2ccc(Cl)cc12. The summed E-state index contributed by atoms with van der Waals surface area (Å²) in [6.07, 6.45) is 0.726. The Kier molecular flexibility index (Phi) is 4.53. The van der Waals surface area contributed by atoms with E-state index in [2.05, 4.69) is 0 Å². The van der Waals surface area contributed by atoms with E-state index in [9.17, 15) is 9.59 Å². The normalized spacial score (nSPS) is 10.6. The average Bonchev–Trinajstić information content (AvgIpc) is 2.59. The van der Waals surface area contributed by atoms with Crippen molar-refractivity contribution in [2.75, 3.05) is 7.11 Å². The number of aldehydes is 1. The average molecular weight is 345 g/mol. The summed E-state index contributed by atoms with van der Waals surface area (Å²) in [5, 5.41) is 1.23. The maximum Gasteiger partial charge on any atom is 0.336 e. The molecule has 0 fully saturated rings. The van der Waals surface area contributed by atoms with Crippen LogP contribution in [0.4, 0.5) is 0 Å². The number of hydrogen-bond donors (Lipinski definition) is 0. The smallest absolute Gasteiger partial charge is 0.336 e. The molecule has 0 spiro atoms. The summed E-state index contributed by atoms with van der Waals surface area (Å²) in [4.78, 5) is 22.5. The molecule has 3 rings (SSSR count). The number of hydrogen-bond acceptors (Lipinski definition) is 5. The fourth-order valence-corrected chi connectivity index (χ4v) is 2.52. The number of benzene rings is 2. The third kappa shape index (κ3) is 3.26. The minimum absolute atomic E-state index is 0.124. The van der Waals surface area contributed by atoms with E-state index < -0.39 is 5.63 Å². The first kappa shape index (κ1) is 16.1. The van der Waals surface area contributed by atoms with Gasteiger partial charge in [-0.2, -0.15) is 0 Å². The monoisotopic (exact) mass is 344 g/mol. The van der Waals surface area contributed by atoms with Crippen LogP contribution in [0, 0.1) is 0 Å². The van der Waals surface area contributed by atoms with E-state index >= 15 is 0 Å². The molecule has 0 aliphatic carbocycles. The van der Waals surface area contributed by atoms with E-state index in [0.717, 1.165) is 6.29 Å². The van der Waals surface area contributed by atoms with Crippen molar-refractivity contribution in [3.8, 4) is 11.5 Å². The summed E-state index contributed by atoms with van der Waals surface area (Å²) >= 11 is 6.01. The third-order valence-corrected chi connectivity index (χ3v) is 3.73. The maximum atomic E-state index is 11.7. The third-order valence-electron chi connectivity index (χ3n) is 3.50. The number of methoxy groups -OCH3 is 1. The summed E-state index contributed by atoms with van der Waals surface area (Å²) in [5.41, 5.74) is 1.10. The molecule has 24 heavy (non-hydrogen) atoms. The molecule has 6 heteroatoms. The van der Waals surface area contributed by atoms with Crippen LogP contribution < -0.4 is 15.1 Å². The van der Waals surface area contributed by atoms with Gasteiger partial charge in [0.05, 0.1) is 7.11 Å². The first-order valence-electron chi connectivity index (χ1n) is 7.09. The zero-order valence-corrected chi connectivity index (χ0v) is 13.5. The molecule has 0 N–H and O–H groups in total. The summed E-state index contributed by atoms with van der Waals surface area (Å²) in [6.45, 7) is 0.124. The lowest BCUT2D eigenvalue weighted by Gasteiger charge is -2.12. The van der Waals surface area contributed by atoms with Gasteiger partial charge in [-0.3, -0.25) is 4.79 Å². The van der Waals surface area contributed by atoms with E-state index in [0.29, 0.717) is 38.6 Å². The highest BCUT2D eigenvalue weighted by molar-refractivity contribution is 6.31. The second-order valence-electron chi connectivity index (χ2n) is 5.05. The Balaban J connectivity index is 1.95. The summed E-state index contributed by atoms with van der Waals surface area (Å²) in [5.74, 6) is 0.899. The molecule has 122 valence electrons. The van der Waals surface area contributed by atoms with Crippen molar-refractivity contribution in [2.45, 2.75) is 6.61 Å². The molecule has 1 aromatic heterocycles. The molecule has 0 amide bonds. The van der Waals surface area contributed by atoms with Crippen LogP contribution in [0.25, 0.3) is 11.0 Å². The first-order valence-corrected chi connectivity index (χ1v) is 7.47. The number of fused-ring (bicyclic) bond motifs is 1. The molecular formula is C18H13ClO5. The second kappa shape index (κ2) is 6.76. The molecule has 0 saturated heterocycles. The fraction of sp³-hybridized carbons (Fsp3) is 0.111. The molecule has 2 aromatic carbocycles. The molecule has 3 aromatic rings. The van der Waals surface area contributed by atoms with Crippen molar-refractivity contribution in [3.05, 3.63) is 69.0 Å². The Morgan fingerprint density at radius 2 is 1.96 bits per heavy atom. The molecule has 0 saturated carbocycles. The summed E-state index contributed by atoms with van der Waals surface area (Å²) in [6, 6.07) is 11.2. The van der Waals surface area contributed by atoms with Crippen molar-refractivity contribution in [3.63, 3.8) is 0 Å². The van der Waals surface area contributed by atoms with Gasteiger partial charge in [0.25, 0.3) is 0 Å². The van der Waals surface area contributed by atoms with Gasteiger partial charge in [-0.05, 0) is 36.4 Å². The Labute approximate surface area is 142 Å². The van der Waals surface area contributed by atoms with Crippen LogP contribution in [0.2, 0.25) is 5.02 Å². The largest absolute Gasteiger partial charge is 0.493 e. The minimum Gasteiger partial charge on any atom is -0.493 e. The molecule has 1 heterocycles. The predicted molar refractivity (Wildman–Crippen MR) is 90.2 cm³/mol. The van der Waals surface area contributed by atoms with Gasteiger partial charge in [-0.1, -0.05) is 11.6 Å². The van der Waals surface area contributed by atoms with Crippen molar-refractivity contribution >= 4 is 28.9 Å². The zero-order chi connectivity index (χ0) is 17.1.